The second-order valence-corrected chi connectivity index (χ2v) is 10.4. The second-order valence-electron chi connectivity index (χ2n) is 7.14. The van der Waals surface area contributed by atoms with Crippen LogP contribution in [0.3, 0.4) is 0 Å². The van der Waals surface area contributed by atoms with Crippen molar-refractivity contribution in [3.05, 3.63) is 81.4 Å². The summed E-state index contributed by atoms with van der Waals surface area (Å²) < 4.78 is 32.9. The van der Waals surface area contributed by atoms with Crippen LogP contribution in [0.2, 0.25) is 0 Å². The molecule has 10 nitrogen and oxygen atoms in total. The van der Waals surface area contributed by atoms with Crippen molar-refractivity contribution in [1.82, 2.24) is 14.7 Å². The first-order chi connectivity index (χ1) is 16.1. The third-order valence-electron chi connectivity index (χ3n) is 4.85. The third-order valence-corrected chi connectivity index (χ3v) is 6.92. The number of benzene rings is 2. The Morgan fingerprint density at radius 1 is 1.15 bits per heavy atom. The fourth-order valence-electron chi connectivity index (χ4n) is 3.21. The molecule has 2 heterocycles. The molecule has 1 aliphatic rings. The van der Waals surface area contributed by atoms with Gasteiger partial charge in [0.1, 0.15) is 4.32 Å². The number of carbonyl (C=O) groups excluding carboxylic acids is 1. The highest BCUT2D eigenvalue weighted by Gasteiger charge is 2.33. The highest BCUT2D eigenvalue weighted by atomic mass is 32.2. The largest absolute Gasteiger partial charge is 0.292 e. The van der Waals surface area contributed by atoms with Gasteiger partial charge in [-0.3, -0.25) is 24.4 Å². The number of hydrogen-bond donors (Lipinski definition) is 1. The molecule has 2 aromatic carbocycles. The molecule has 0 spiro atoms. The zero-order valence-electron chi connectivity index (χ0n) is 17.3. The van der Waals surface area contributed by atoms with Gasteiger partial charge >= 0.3 is 0 Å². The van der Waals surface area contributed by atoms with E-state index in [0.717, 1.165) is 22.2 Å². The average molecular weight is 517 g/mol. The van der Waals surface area contributed by atoms with E-state index in [1.165, 1.54) is 12.1 Å². The number of hydrogen-bond acceptors (Lipinski definition) is 8. The van der Waals surface area contributed by atoms with E-state index >= 15 is 0 Å². The number of carbonyl (C=O) groups is 1. The highest BCUT2D eigenvalue weighted by molar-refractivity contribution is 8.26. The summed E-state index contributed by atoms with van der Waals surface area (Å²) >= 11 is 6.24. The van der Waals surface area contributed by atoms with E-state index in [1.807, 2.05) is 30.3 Å². The number of nitrogens with zero attached hydrogens (tertiary/aromatic N) is 4. The van der Waals surface area contributed by atoms with Crippen LogP contribution in [0.1, 0.15) is 5.56 Å². The van der Waals surface area contributed by atoms with Crippen LogP contribution < -0.4 is 0 Å². The van der Waals surface area contributed by atoms with Gasteiger partial charge in [-0.1, -0.05) is 54.3 Å². The van der Waals surface area contributed by atoms with Gasteiger partial charge in [-0.15, -0.1) is 0 Å². The molecule has 1 N–H and O–H groups in total. The summed E-state index contributed by atoms with van der Waals surface area (Å²) in [5.74, 6) is -1.10. The quantitative estimate of drug-likeness (QED) is 0.164. The van der Waals surface area contributed by atoms with Crippen molar-refractivity contribution in [3.63, 3.8) is 0 Å². The van der Waals surface area contributed by atoms with E-state index in [4.69, 9.17) is 16.8 Å². The van der Waals surface area contributed by atoms with Crippen molar-refractivity contribution in [2.24, 2.45) is 0 Å². The van der Waals surface area contributed by atoms with Crippen molar-refractivity contribution in [2.75, 3.05) is 12.3 Å². The molecule has 1 fully saturated rings. The van der Waals surface area contributed by atoms with Crippen LogP contribution in [0.4, 0.5) is 5.69 Å². The van der Waals surface area contributed by atoms with E-state index in [2.05, 4.69) is 5.10 Å². The van der Waals surface area contributed by atoms with E-state index in [9.17, 15) is 23.3 Å². The molecular weight excluding hydrogens is 500 g/mol. The molecule has 3 aromatic rings. The van der Waals surface area contributed by atoms with Gasteiger partial charge in [0.05, 0.1) is 27.0 Å². The number of thioether (sulfide) groups is 1. The van der Waals surface area contributed by atoms with E-state index in [1.54, 1.807) is 29.1 Å². The molecule has 174 valence electrons. The maximum absolute atomic E-state index is 12.8. The number of nitro groups is 1. The van der Waals surface area contributed by atoms with Gasteiger partial charge in [-0.05, 0) is 18.2 Å². The van der Waals surface area contributed by atoms with Crippen LogP contribution in [0, 0.1) is 10.1 Å². The summed E-state index contributed by atoms with van der Waals surface area (Å²) in [6.45, 7) is -0.256. The van der Waals surface area contributed by atoms with Gasteiger partial charge in [-0.25, -0.2) is 4.68 Å². The molecule has 1 aromatic heterocycles. The first-order valence-electron chi connectivity index (χ1n) is 9.73. The minimum absolute atomic E-state index is 0.0482. The van der Waals surface area contributed by atoms with Crippen LogP contribution >= 0.6 is 24.0 Å². The summed E-state index contributed by atoms with van der Waals surface area (Å²) in [5.41, 5.74) is 2.49. The lowest BCUT2D eigenvalue weighted by molar-refractivity contribution is -0.384. The predicted octanol–water partition coefficient (Wildman–Crippen LogP) is 3.54. The SMILES string of the molecule is O=C1/C(=C/c2cn(-c3ccc([N+](=O)[O-])cc3)nc2-c2ccccc2)SC(=S)N1CCS(=O)(=O)O. The first kappa shape index (κ1) is 23.8. The fourth-order valence-corrected chi connectivity index (χ4v) is 4.93. The van der Waals surface area contributed by atoms with Crippen LogP contribution in [0.15, 0.2) is 65.7 Å². The monoisotopic (exact) mass is 516 g/mol. The lowest BCUT2D eigenvalue weighted by Gasteiger charge is -2.12. The minimum Gasteiger partial charge on any atom is -0.292 e. The van der Waals surface area contributed by atoms with Crippen LogP contribution in [-0.4, -0.2) is 55.1 Å². The summed E-state index contributed by atoms with van der Waals surface area (Å²) in [6.07, 6.45) is 3.30. The molecule has 0 atom stereocenters. The second kappa shape index (κ2) is 9.46. The fraction of sp³-hybridized carbons (Fsp3) is 0.0952. The van der Waals surface area contributed by atoms with Crippen molar-refractivity contribution < 1.29 is 22.7 Å². The minimum atomic E-state index is -4.25. The Morgan fingerprint density at radius 3 is 2.44 bits per heavy atom. The van der Waals surface area contributed by atoms with Gasteiger partial charge in [0, 0.05) is 36.0 Å². The van der Waals surface area contributed by atoms with Crippen LogP contribution in [0.25, 0.3) is 23.0 Å². The Labute approximate surface area is 203 Å². The molecule has 0 saturated carbocycles. The maximum atomic E-state index is 12.8. The predicted molar refractivity (Wildman–Crippen MR) is 132 cm³/mol. The van der Waals surface area contributed by atoms with Crippen LogP contribution in [-0.2, 0) is 14.9 Å². The van der Waals surface area contributed by atoms with E-state index in [0.29, 0.717) is 16.9 Å². The summed E-state index contributed by atoms with van der Waals surface area (Å²) in [4.78, 5) is 24.7. The Bertz CT molecular complexity index is 1420. The molecule has 0 radical (unpaired) electrons. The maximum Gasteiger partial charge on any atom is 0.269 e. The molecule has 1 amide bonds. The van der Waals surface area contributed by atoms with Gasteiger partial charge < -0.3 is 0 Å². The zero-order chi connectivity index (χ0) is 24.5. The Kier molecular flexibility index (Phi) is 6.61. The molecule has 0 bridgehead atoms. The molecule has 4 rings (SSSR count). The lowest BCUT2D eigenvalue weighted by atomic mass is 10.1. The van der Waals surface area contributed by atoms with E-state index < -0.39 is 26.7 Å². The molecule has 34 heavy (non-hydrogen) atoms. The summed E-state index contributed by atoms with van der Waals surface area (Å²) in [7, 11) is -4.25. The highest BCUT2D eigenvalue weighted by Crippen LogP contribution is 2.34. The van der Waals surface area contributed by atoms with Gasteiger partial charge in [0.2, 0.25) is 0 Å². The molecule has 0 aliphatic carbocycles. The van der Waals surface area contributed by atoms with Crippen molar-refractivity contribution >= 4 is 56.1 Å². The normalized spacial score (nSPS) is 15.3. The zero-order valence-corrected chi connectivity index (χ0v) is 19.7. The molecule has 13 heteroatoms. The topological polar surface area (TPSA) is 136 Å². The smallest absolute Gasteiger partial charge is 0.269 e. The van der Waals surface area contributed by atoms with Gasteiger partial charge in [0.25, 0.3) is 21.7 Å². The average Bonchev–Trinajstić information content (AvgIpc) is 3.33. The van der Waals surface area contributed by atoms with Gasteiger partial charge in [0.15, 0.2) is 0 Å². The number of amides is 1. The Balaban J connectivity index is 1.72. The van der Waals surface area contributed by atoms with Gasteiger partial charge in [-0.2, -0.15) is 13.5 Å². The molecular formula is C21H16N4O6S3. The summed E-state index contributed by atoms with van der Waals surface area (Å²) in [6, 6.07) is 15.2. The number of rotatable bonds is 7. The molecule has 1 saturated heterocycles. The van der Waals surface area contributed by atoms with Crippen molar-refractivity contribution in [1.29, 1.82) is 0 Å². The Morgan fingerprint density at radius 2 is 1.82 bits per heavy atom. The van der Waals surface area contributed by atoms with Crippen LogP contribution in [0.5, 0.6) is 0 Å². The van der Waals surface area contributed by atoms with Crippen molar-refractivity contribution in [3.8, 4) is 16.9 Å². The number of nitro benzene ring substituents is 1. The number of aromatic nitrogens is 2. The number of non-ortho nitro benzene ring substituents is 1. The van der Waals surface area contributed by atoms with Crippen molar-refractivity contribution in [2.45, 2.75) is 0 Å². The first-order valence-corrected chi connectivity index (χ1v) is 12.6. The molecule has 0 unspecified atom stereocenters. The standard InChI is InChI=1S/C21H16N4O6S3/c26-20-18(33-21(32)23(20)10-11-34(29,30)31)12-15-13-24(16-6-8-17(9-7-16)25(27)28)22-19(15)14-4-2-1-3-5-14/h1-9,12-13H,10-11H2,(H,29,30,31)/b18-12-. The number of thiocarbonyl (C=S) groups is 1. The summed E-state index contributed by atoms with van der Waals surface area (Å²) in [5, 5.41) is 15.6. The molecule has 1 aliphatic heterocycles. The third kappa shape index (κ3) is 5.22. The Hall–Kier alpha value is -3.39. The van der Waals surface area contributed by atoms with E-state index in [-0.39, 0.29) is 21.5 Å². The lowest BCUT2D eigenvalue weighted by Crippen LogP contribution is -2.32.